The van der Waals surface area contributed by atoms with Gasteiger partial charge in [0.15, 0.2) is 5.82 Å². The molecule has 178 valence electrons. The topological polar surface area (TPSA) is 92.2 Å². The van der Waals surface area contributed by atoms with Crippen LogP contribution in [-0.2, 0) is 4.79 Å². The molecule has 2 amide bonds. The van der Waals surface area contributed by atoms with E-state index in [2.05, 4.69) is 20.7 Å². The molecule has 8 nitrogen and oxygen atoms in total. The molecule has 1 aliphatic heterocycles. The van der Waals surface area contributed by atoms with Crippen LogP contribution in [0.4, 0.5) is 0 Å². The van der Waals surface area contributed by atoms with E-state index in [1.54, 1.807) is 17.1 Å². The third kappa shape index (κ3) is 5.88. The summed E-state index contributed by atoms with van der Waals surface area (Å²) in [5, 5.41) is 11.0. The van der Waals surface area contributed by atoms with Gasteiger partial charge in [-0.15, -0.1) is 0 Å². The molecule has 0 aliphatic carbocycles. The van der Waals surface area contributed by atoms with Crippen molar-refractivity contribution in [1.82, 2.24) is 30.3 Å². The summed E-state index contributed by atoms with van der Waals surface area (Å²) in [5.41, 5.74) is 2.47. The molecule has 34 heavy (non-hydrogen) atoms. The Labute approximate surface area is 200 Å². The number of carbonyl (C=O) groups excluding carboxylic acids is 2. The maximum Gasteiger partial charge on any atom is 0.257 e. The molecule has 8 heteroatoms. The van der Waals surface area contributed by atoms with Crippen molar-refractivity contribution in [3.05, 3.63) is 77.7 Å². The predicted molar refractivity (Wildman–Crippen MR) is 131 cm³/mol. The molecule has 1 unspecified atom stereocenters. The minimum atomic E-state index is -0.0510. The summed E-state index contributed by atoms with van der Waals surface area (Å²) in [6, 6.07) is 15.6. The van der Waals surface area contributed by atoms with E-state index in [0.29, 0.717) is 44.0 Å². The number of hydrogen-bond donors (Lipinski definition) is 2. The average Bonchev–Trinajstić information content (AvgIpc) is 3.26. The van der Waals surface area contributed by atoms with E-state index in [1.165, 1.54) is 0 Å². The van der Waals surface area contributed by atoms with Crippen LogP contribution in [0.3, 0.4) is 0 Å². The molecule has 1 saturated heterocycles. The number of aromatic nitrogens is 3. The third-order valence-electron chi connectivity index (χ3n) is 6.16. The Morgan fingerprint density at radius 2 is 1.79 bits per heavy atom. The van der Waals surface area contributed by atoms with Crippen LogP contribution in [0.1, 0.15) is 53.3 Å². The summed E-state index contributed by atoms with van der Waals surface area (Å²) in [5.74, 6) is 0.722. The van der Waals surface area contributed by atoms with Gasteiger partial charge in [-0.1, -0.05) is 36.4 Å². The van der Waals surface area contributed by atoms with Crippen molar-refractivity contribution in [3.63, 3.8) is 0 Å². The summed E-state index contributed by atoms with van der Waals surface area (Å²) in [7, 11) is 0. The summed E-state index contributed by atoms with van der Waals surface area (Å²) in [4.78, 5) is 32.2. The number of carbonyl (C=O) groups is 2. The van der Waals surface area contributed by atoms with E-state index in [4.69, 9.17) is 0 Å². The molecule has 1 aliphatic rings. The monoisotopic (exact) mass is 460 g/mol. The first kappa shape index (κ1) is 23.6. The molecule has 1 aromatic carbocycles. The van der Waals surface area contributed by atoms with Crippen LogP contribution < -0.4 is 10.6 Å². The zero-order valence-corrected chi connectivity index (χ0v) is 19.6. The van der Waals surface area contributed by atoms with Crippen LogP contribution in [-0.4, -0.2) is 57.7 Å². The minimum absolute atomic E-state index is 0.0156. The zero-order valence-electron chi connectivity index (χ0n) is 19.6. The lowest BCUT2D eigenvalue weighted by molar-refractivity contribution is -0.121. The molecular formula is C26H32N6O2. The Morgan fingerprint density at radius 1 is 1.00 bits per heavy atom. The van der Waals surface area contributed by atoms with E-state index in [9.17, 15) is 9.59 Å². The number of amides is 2. The Kier molecular flexibility index (Phi) is 8.04. The zero-order chi connectivity index (χ0) is 23.8. The first-order valence-electron chi connectivity index (χ1n) is 11.9. The highest BCUT2D eigenvalue weighted by Crippen LogP contribution is 2.18. The summed E-state index contributed by atoms with van der Waals surface area (Å²) >= 11 is 0. The Hall–Kier alpha value is -3.52. The van der Waals surface area contributed by atoms with Crippen LogP contribution in [0.2, 0.25) is 0 Å². The number of hydrogen-bond acceptors (Lipinski definition) is 5. The van der Waals surface area contributed by atoms with Crippen LogP contribution in [0, 0.1) is 6.92 Å². The first-order valence-corrected chi connectivity index (χ1v) is 11.9. The van der Waals surface area contributed by atoms with Crippen LogP contribution >= 0.6 is 0 Å². The second-order valence-electron chi connectivity index (χ2n) is 8.57. The number of rotatable bonds is 3. The standard InChI is InChI=1S/C26H32N6O2/c1-20-22(19-30-32(20)24-12-5-6-13-28-24)26(34)31-16-8-7-14-29-25(33)18-23(27-15-9-17-31)21-10-3-2-4-11-21/h2-6,10-13,19,23,27H,7-9,14-18H2,1H3,(H,29,33). The first-order chi connectivity index (χ1) is 16.6. The van der Waals surface area contributed by atoms with Gasteiger partial charge in [0.25, 0.3) is 5.91 Å². The molecule has 0 saturated carbocycles. The lowest BCUT2D eigenvalue weighted by Crippen LogP contribution is -2.35. The number of nitrogens with one attached hydrogen (secondary N) is 2. The number of nitrogens with zero attached hydrogens (tertiary/aromatic N) is 4. The Bertz CT molecular complexity index is 1080. The molecule has 3 aromatic rings. The molecule has 4 rings (SSSR count). The van der Waals surface area contributed by atoms with Crippen LogP contribution in [0.15, 0.2) is 60.9 Å². The van der Waals surface area contributed by atoms with Crippen LogP contribution in [0.25, 0.3) is 5.82 Å². The van der Waals surface area contributed by atoms with Crippen molar-refractivity contribution >= 4 is 11.8 Å². The molecule has 1 atom stereocenters. The lowest BCUT2D eigenvalue weighted by atomic mass is 10.0. The van der Waals surface area contributed by atoms with Crippen LogP contribution in [0.5, 0.6) is 0 Å². The fourth-order valence-electron chi connectivity index (χ4n) is 4.27. The molecule has 0 spiro atoms. The second-order valence-corrected chi connectivity index (χ2v) is 8.57. The normalized spacial score (nSPS) is 18.3. The van der Waals surface area contributed by atoms with Crippen molar-refractivity contribution < 1.29 is 9.59 Å². The van der Waals surface area contributed by atoms with Gasteiger partial charge in [0, 0.05) is 38.3 Å². The van der Waals surface area contributed by atoms with Gasteiger partial charge in [-0.25, -0.2) is 9.67 Å². The Balaban J connectivity index is 1.46. The molecule has 0 radical (unpaired) electrons. The molecular weight excluding hydrogens is 428 g/mol. The third-order valence-corrected chi connectivity index (χ3v) is 6.16. The van der Waals surface area contributed by atoms with Gasteiger partial charge in [0.05, 0.1) is 17.5 Å². The van der Waals surface area contributed by atoms with E-state index in [1.807, 2.05) is 60.4 Å². The largest absolute Gasteiger partial charge is 0.356 e. The highest BCUT2D eigenvalue weighted by molar-refractivity contribution is 5.95. The van der Waals surface area contributed by atoms with Gasteiger partial charge in [-0.3, -0.25) is 9.59 Å². The SMILES string of the molecule is Cc1c(C(=O)N2CCCCNC(=O)CC(c3ccccc3)NCCC2)cnn1-c1ccccn1. The van der Waals surface area contributed by atoms with Gasteiger partial charge in [0.1, 0.15) is 0 Å². The van der Waals surface area contributed by atoms with Gasteiger partial charge in [-0.2, -0.15) is 5.10 Å². The van der Waals surface area contributed by atoms with E-state index >= 15 is 0 Å². The van der Waals surface area contributed by atoms with E-state index in [-0.39, 0.29) is 17.9 Å². The summed E-state index contributed by atoms with van der Waals surface area (Å²) < 4.78 is 1.70. The molecule has 3 heterocycles. The highest BCUT2D eigenvalue weighted by Gasteiger charge is 2.22. The highest BCUT2D eigenvalue weighted by atomic mass is 16.2. The average molecular weight is 461 g/mol. The van der Waals surface area contributed by atoms with Gasteiger partial charge in [0.2, 0.25) is 5.91 Å². The Morgan fingerprint density at radius 3 is 2.59 bits per heavy atom. The predicted octanol–water partition coefficient (Wildman–Crippen LogP) is 3.04. The molecule has 2 N–H and O–H groups in total. The smallest absolute Gasteiger partial charge is 0.257 e. The summed E-state index contributed by atoms with van der Waals surface area (Å²) in [6.45, 7) is 4.51. The maximum absolute atomic E-state index is 13.5. The van der Waals surface area contributed by atoms with Crippen molar-refractivity contribution in [3.8, 4) is 5.82 Å². The van der Waals surface area contributed by atoms with Crippen molar-refractivity contribution in [2.45, 2.75) is 38.6 Å². The van der Waals surface area contributed by atoms with Crippen molar-refractivity contribution in [2.75, 3.05) is 26.2 Å². The molecule has 2 aromatic heterocycles. The van der Waals surface area contributed by atoms with Gasteiger partial charge in [-0.05, 0) is 50.4 Å². The molecule has 1 fully saturated rings. The fraction of sp³-hybridized carbons (Fsp3) is 0.385. The summed E-state index contributed by atoms with van der Waals surface area (Å²) in [6.07, 6.45) is 6.20. The quantitative estimate of drug-likeness (QED) is 0.627. The number of pyridine rings is 1. The maximum atomic E-state index is 13.5. The van der Waals surface area contributed by atoms with Gasteiger partial charge >= 0.3 is 0 Å². The lowest BCUT2D eigenvalue weighted by Gasteiger charge is -2.23. The molecule has 0 bridgehead atoms. The van der Waals surface area contributed by atoms with E-state index in [0.717, 1.165) is 30.5 Å². The minimum Gasteiger partial charge on any atom is -0.356 e. The number of benzene rings is 1. The van der Waals surface area contributed by atoms with Gasteiger partial charge < -0.3 is 15.5 Å². The fourth-order valence-corrected chi connectivity index (χ4v) is 4.27. The van der Waals surface area contributed by atoms with Crippen molar-refractivity contribution in [1.29, 1.82) is 0 Å². The second kappa shape index (κ2) is 11.6. The van der Waals surface area contributed by atoms with E-state index < -0.39 is 0 Å². The van der Waals surface area contributed by atoms with Crippen molar-refractivity contribution in [2.24, 2.45) is 0 Å².